The first-order valence-corrected chi connectivity index (χ1v) is 17.2. The van der Waals surface area contributed by atoms with Crippen molar-refractivity contribution in [1.29, 1.82) is 0 Å². The minimum atomic E-state index is -0.375. The van der Waals surface area contributed by atoms with E-state index in [2.05, 4.69) is 193 Å². The second kappa shape index (κ2) is 10.9. The fourth-order valence-corrected chi connectivity index (χ4v) is 8.64. The summed E-state index contributed by atoms with van der Waals surface area (Å²) in [6, 6.07) is 69.5. The highest BCUT2D eigenvalue weighted by atomic mass is 15.0. The van der Waals surface area contributed by atoms with Gasteiger partial charge in [-0.15, -0.1) is 0 Å². The maximum Gasteiger partial charge on any atom is 0.0713 e. The second-order valence-corrected chi connectivity index (χ2v) is 13.3. The topological polar surface area (TPSA) is 4.93 Å². The Morgan fingerprint density at radius 3 is 1.82 bits per heavy atom. The summed E-state index contributed by atoms with van der Waals surface area (Å²) in [6.45, 7) is 0. The average Bonchev–Trinajstić information content (AvgIpc) is 3.67. The van der Waals surface area contributed by atoms with E-state index < -0.39 is 0 Å². The van der Waals surface area contributed by atoms with Crippen LogP contribution in [-0.4, -0.2) is 4.57 Å². The van der Waals surface area contributed by atoms with Crippen molar-refractivity contribution in [3.8, 4) is 16.8 Å². The number of fused-ring (bicyclic) bond motifs is 7. The van der Waals surface area contributed by atoms with E-state index in [1.165, 1.54) is 82.8 Å². The largest absolute Gasteiger partial charge is 0.309 e. The van der Waals surface area contributed by atoms with Gasteiger partial charge in [0.25, 0.3) is 0 Å². The van der Waals surface area contributed by atoms with Crippen LogP contribution in [-0.2, 0) is 11.8 Å². The summed E-state index contributed by atoms with van der Waals surface area (Å²) in [4.78, 5) is 0. The van der Waals surface area contributed by atoms with Gasteiger partial charge in [-0.2, -0.15) is 0 Å². The molecule has 8 aromatic carbocycles. The molecule has 10 rings (SSSR count). The van der Waals surface area contributed by atoms with Crippen LogP contribution in [0, 0.1) is 0 Å². The highest BCUT2D eigenvalue weighted by Crippen LogP contribution is 2.56. The van der Waals surface area contributed by atoms with Gasteiger partial charge in [-0.05, 0) is 86.0 Å². The lowest BCUT2D eigenvalue weighted by atomic mass is 9.67. The van der Waals surface area contributed by atoms with Crippen LogP contribution in [0.1, 0.15) is 33.4 Å². The highest BCUT2D eigenvalue weighted by molar-refractivity contribution is 6.11. The number of hydrogen-bond acceptors (Lipinski definition) is 0. The number of benzene rings is 8. The third-order valence-corrected chi connectivity index (χ3v) is 10.7. The Kier molecular flexibility index (Phi) is 6.22. The van der Waals surface area contributed by atoms with E-state index in [0.29, 0.717) is 0 Å². The van der Waals surface area contributed by atoms with Crippen LogP contribution in [0.2, 0.25) is 0 Å². The lowest BCUT2D eigenvalue weighted by Gasteiger charge is -2.34. The molecule has 0 spiro atoms. The molecule has 230 valence electrons. The zero-order chi connectivity index (χ0) is 32.4. The van der Waals surface area contributed by atoms with Crippen molar-refractivity contribution in [1.82, 2.24) is 4.57 Å². The molecule has 0 aliphatic heterocycles. The van der Waals surface area contributed by atoms with E-state index in [1.807, 2.05) is 0 Å². The molecule has 0 fully saturated rings. The first-order chi connectivity index (χ1) is 24.3. The predicted octanol–water partition coefficient (Wildman–Crippen LogP) is 11.9. The first-order valence-electron chi connectivity index (χ1n) is 17.2. The van der Waals surface area contributed by atoms with Gasteiger partial charge in [0, 0.05) is 16.5 Å². The average molecular weight is 624 g/mol. The first kappa shape index (κ1) is 27.9. The number of rotatable bonds is 5. The van der Waals surface area contributed by atoms with Crippen LogP contribution >= 0.6 is 0 Å². The van der Waals surface area contributed by atoms with Crippen LogP contribution in [0.3, 0.4) is 0 Å². The molecule has 0 unspecified atom stereocenters. The normalized spacial score (nSPS) is 13.1. The van der Waals surface area contributed by atoms with Crippen molar-refractivity contribution in [2.24, 2.45) is 0 Å². The molecular formula is C48H33N. The molecule has 1 aromatic heterocycles. The summed E-state index contributed by atoms with van der Waals surface area (Å²) in [5, 5.41) is 5.13. The van der Waals surface area contributed by atoms with E-state index in [1.54, 1.807) is 0 Å². The Labute approximate surface area is 286 Å². The Morgan fingerprint density at radius 1 is 0.429 bits per heavy atom. The molecule has 1 aliphatic carbocycles. The van der Waals surface area contributed by atoms with E-state index in [4.69, 9.17) is 0 Å². The minimum absolute atomic E-state index is 0.375. The number of nitrogens with zero attached hydrogens (tertiary/aromatic N) is 1. The molecule has 1 nitrogen and oxygen atoms in total. The van der Waals surface area contributed by atoms with Crippen molar-refractivity contribution in [3.63, 3.8) is 0 Å². The maximum atomic E-state index is 2.43. The van der Waals surface area contributed by atoms with E-state index in [-0.39, 0.29) is 5.41 Å². The number of aromatic nitrogens is 1. The van der Waals surface area contributed by atoms with Gasteiger partial charge in [0.2, 0.25) is 0 Å². The van der Waals surface area contributed by atoms with Gasteiger partial charge in [0.1, 0.15) is 0 Å². The lowest BCUT2D eigenvalue weighted by molar-refractivity contribution is 0.767. The van der Waals surface area contributed by atoms with Crippen molar-refractivity contribution < 1.29 is 0 Å². The van der Waals surface area contributed by atoms with Gasteiger partial charge in [-0.25, -0.2) is 0 Å². The molecular weight excluding hydrogens is 591 g/mol. The summed E-state index contributed by atoms with van der Waals surface area (Å²) >= 11 is 0. The Hall–Kier alpha value is -6.18. The van der Waals surface area contributed by atoms with Gasteiger partial charge >= 0.3 is 0 Å². The van der Waals surface area contributed by atoms with Gasteiger partial charge in [-0.3, -0.25) is 0 Å². The van der Waals surface area contributed by atoms with Crippen molar-refractivity contribution in [2.75, 3.05) is 0 Å². The highest BCUT2D eigenvalue weighted by Gasteiger charge is 2.45. The Morgan fingerprint density at radius 2 is 1.04 bits per heavy atom. The van der Waals surface area contributed by atoms with E-state index in [0.717, 1.165) is 6.42 Å². The van der Waals surface area contributed by atoms with Crippen LogP contribution in [0.4, 0.5) is 0 Å². The van der Waals surface area contributed by atoms with Crippen molar-refractivity contribution in [2.45, 2.75) is 11.8 Å². The number of para-hydroxylation sites is 1. The molecule has 1 heterocycles. The third-order valence-electron chi connectivity index (χ3n) is 10.7. The fourth-order valence-electron chi connectivity index (χ4n) is 8.64. The fraction of sp³-hybridized carbons (Fsp3) is 0.0417. The van der Waals surface area contributed by atoms with Crippen LogP contribution < -0.4 is 0 Å². The second-order valence-electron chi connectivity index (χ2n) is 13.3. The SMILES string of the molecule is c1ccc(C2(c3ccc(Cc4cccc5c4c4ccccc4n5-c4ccc5ccccc5c4)cc3)c3ccccc3-c3ccccc32)cc1. The summed E-state index contributed by atoms with van der Waals surface area (Å²) in [7, 11) is 0. The molecule has 0 saturated carbocycles. The maximum absolute atomic E-state index is 2.43. The predicted molar refractivity (Wildman–Crippen MR) is 205 cm³/mol. The minimum Gasteiger partial charge on any atom is -0.309 e. The molecule has 0 atom stereocenters. The lowest BCUT2D eigenvalue weighted by Crippen LogP contribution is -2.28. The summed E-state index contributed by atoms with van der Waals surface area (Å²) in [5.74, 6) is 0. The van der Waals surface area contributed by atoms with Crippen LogP contribution in [0.25, 0.3) is 49.4 Å². The number of hydrogen-bond donors (Lipinski definition) is 0. The molecule has 0 saturated heterocycles. The van der Waals surface area contributed by atoms with Crippen LogP contribution in [0.5, 0.6) is 0 Å². The van der Waals surface area contributed by atoms with Crippen molar-refractivity contribution >= 4 is 32.6 Å². The van der Waals surface area contributed by atoms with Crippen molar-refractivity contribution in [3.05, 3.63) is 221 Å². The van der Waals surface area contributed by atoms with E-state index >= 15 is 0 Å². The smallest absolute Gasteiger partial charge is 0.0713 e. The van der Waals surface area contributed by atoms with Gasteiger partial charge < -0.3 is 4.57 Å². The standard InChI is InChI=1S/C48H33N/c1-2-16-37(17-3-1)48(43-21-9-6-18-40(43)41-19-7-10-22-44(41)48)38-28-25-33(26-29-38)31-36-15-12-24-46-47(36)42-20-8-11-23-45(42)49(46)39-30-27-34-13-4-5-14-35(34)32-39/h1-30,32H,31H2. The summed E-state index contributed by atoms with van der Waals surface area (Å²) in [6.07, 6.45) is 0.856. The molecule has 0 N–H and O–H groups in total. The molecule has 0 radical (unpaired) electrons. The third kappa shape index (κ3) is 4.12. The molecule has 49 heavy (non-hydrogen) atoms. The molecule has 1 heteroatoms. The summed E-state index contributed by atoms with van der Waals surface area (Å²) in [5.41, 5.74) is 13.9. The zero-order valence-corrected chi connectivity index (χ0v) is 27.1. The van der Waals surface area contributed by atoms with Crippen LogP contribution in [0.15, 0.2) is 188 Å². The Bertz CT molecular complexity index is 2630. The monoisotopic (exact) mass is 623 g/mol. The van der Waals surface area contributed by atoms with Gasteiger partial charge in [0.05, 0.1) is 16.4 Å². The zero-order valence-electron chi connectivity index (χ0n) is 27.1. The molecule has 9 aromatic rings. The molecule has 0 bridgehead atoms. The van der Waals surface area contributed by atoms with Gasteiger partial charge in [-0.1, -0.05) is 164 Å². The molecule has 0 amide bonds. The Balaban J connectivity index is 1.11. The molecule has 1 aliphatic rings. The van der Waals surface area contributed by atoms with E-state index in [9.17, 15) is 0 Å². The quantitative estimate of drug-likeness (QED) is 0.180. The van der Waals surface area contributed by atoms with Gasteiger partial charge in [0.15, 0.2) is 0 Å². The summed E-state index contributed by atoms with van der Waals surface area (Å²) < 4.78 is 2.43.